The number of hydrogen-bond acceptors (Lipinski definition) is 2. The third kappa shape index (κ3) is 5.45. The Labute approximate surface area is 176 Å². The van der Waals surface area contributed by atoms with Crippen molar-refractivity contribution in [3.05, 3.63) is 95.6 Å². The van der Waals surface area contributed by atoms with E-state index in [2.05, 4.69) is 31.5 Å². The maximum absolute atomic E-state index is 13.2. The van der Waals surface area contributed by atoms with Crippen molar-refractivity contribution in [1.29, 1.82) is 0 Å². The number of hydrogen-bond donors (Lipinski definition) is 0. The van der Waals surface area contributed by atoms with E-state index in [0.29, 0.717) is 0 Å². The van der Waals surface area contributed by atoms with Gasteiger partial charge in [-0.25, -0.2) is 8.78 Å². The summed E-state index contributed by atoms with van der Waals surface area (Å²) in [6, 6.07) is 17.9. The van der Waals surface area contributed by atoms with E-state index < -0.39 is 12.1 Å². The summed E-state index contributed by atoms with van der Waals surface area (Å²) in [6.07, 6.45) is 1.57. The monoisotopic (exact) mass is 450 g/mol. The first-order valence-corrected chi connectivity index (χ1v) is 15.8. The maximum Gasteiger partial charge on any atom is 0.123 e. The van der Waals surface area contributed by atoms with Crippen molar-refractivity contribution in [2.45, 2.75) is 12.3 Å². The van der Waals surface area contributed by atoms with Crippen LogP contribution >= 0.6 is 12.1 Å². The fourth-order valence-electron chi connectivity index (χ4n) is 3.22. The van der Waals surface area contributed by atoms with Crippen LogP contribution in [0.25, 0.3) is 0 Å². The molecule has 0 saturated carbocycles. The Hall–Kier alpha value is -1.18. The summed E-state index contributed by atoms with van der Waals surface area (Å²) in [5.41, 5.74) is 2.36. The van der Waals surface area contributed by atoms with Gasteiger partial charge in [-0.05, 0) is 71.4 Å². The minimum Gasteiger partial charge on any atom is -0.207 e. The Morgan fingerprint density at radius 1 is 0.643 bits per heavy atom. The van der Waals surface area contributed by atoms with E-state index >= 15 is 0 Å². The quantitative estimate of drug-likeness (QED) is 0.433. The van der Waals surface area contributed by atoms with Gasteiger partial charge in [0, 0.05) is 12.3 Å². The first-order chi connectivity index (χ1) is 13.2. The van der Waals surface area contributed by atoms with Crippen molar-refractivity contribution in [2.24, 2.45) is 0 Å². The summed E-state index contributed by atoms with van der Waals surface area (Å²) in [5, 5.41) is 2.09. The molecule has 0 bridgehead atoms. The Morgan fingerprint density at radius 2 is 1.00 bits per heavy atom. The first kappa shape index (κ1) is 21.5. The van der Waals surface area contributed by atoms with Crippen LogP contribution in [0, 0.1) is 11.6 Å². The van der Waals surface area contributed by atoms with Gasteiger partial charge in [-0.3, -0.25) is 0 Å². The van der Waals surface area contributed by atoms with E-state index in [1.54, 1.807) is 24.3 Å². The standard InChI is InChI=1S/C22H22F2P2S2/c1-25(27,21-10-6-19(23)7-11-21)15-17-4-3-5-18(14-17)16-26(2,28)22-12-8-20(24)9-13-22/h3-14H,15-16H2,1-2H3. The van der Waals surface area contributed by atoms with Crippen LogP contribution in [-0.2, 0) is 35.9 Å². The molecule has 0 heterocycles. The molecule has 0 saturated heterocycles. The van der Waals surface area contributed by atoms with Crippen LogP contribution in [0.4, 0.5) is 8.78 Å². The fraction of sp³-hybridized carbons (Fsp3) is 0.182. The first-order valence-electron chi connectivity index (χ1n) is 8.89. The Bertz CT molecular complexity index is 978. The average Bonchev–Trinajstić information content (AvgIpc) is 2.62. The van der Waals surface area contributed by atoms with Crippen LogP contribution in [-0.4, -0.2) is 13.3 Å². The molecule has 0 aliphatic rings. The molecule has 2 unspecified atom stereocenters. The SMILES string of the molecule is CP(=S)(Cc1cccc(CP(C)(=S)c2ccc(F)cc2)c1)c1ccc(F)cc1. The number of benzene rings is 3. The zero-order valence-corrected chi connectivity index (χ0v) is 19.2. The van der Waals surface area contributed by atoms with Crippen LogP contribution in [0.15, 0.2) is 72.8 Å². The molecule has 2 atom stereocenters. The van der Waals surface area contributed by atoms with Crippen molar-refractivity contribution in [2.75, 3.05) is 13.3 Å². The predicted octanol–water partition coefficient (Wildman–Crippen LogP) is 5.83. The maximum atomic E-state index is 13.2. The molecule has 28 heavy (non-hydrogen) atoms. The zero-order valence-electron chi connectivity index (χ0n) is 15.8. The summed E-state index contributed by atoms with van der Waals surface area (Å²) in [6.45, 7) is 4.20. The molecule has 0 amide bonds. The molecule has 0 radical (unpaired) electrons. The largest absolute Gasteiger partial charge is 0.207 e. The van der Waals surface area contributed by atoms with E-state index in [1.165, 1.54) is 35.4 Å². The second-order valence-electron chi connectivity index (χ2n) is 7.29. The fourth-order valence-corrected chi connectivity index (χ4v) is 8.55. The van der Waals surface area contributed by atoms with Crippen LogP contribution < -0.4 is 10.6 Å². The molecular formula is C22H22F2P2S2. The van der Waals surface area contributed by atoms with Crippen molar-refractivity contribution in [1.82, 2.24) is 0 Å². The molecule has 0 N–H and O–H groups in total. The summed E-state index contributed by atoms with van der Waals surface area (Å²) < 4.78 is 26.5. The highest BCUT2D eigenvalue weighted by Crippen LogP contribution is 2.46. The molecule has 0 aromatic heterocycles. The molecule has 3 aromatic rings. The minimum atomic E-state index is -1.81. The Kier molecular flexibility index (Phi) is 6.67. The molecule has 6 heteroatoms. The average molecular weight is 450 g/mol. The van der Waals surface area contributed by atoms with E-state index in [0.717, 1.165) is 22.9 Å². The van der Waals surface area contributed by atoms with Crippen LogP contribution in [0.3, 0.4) is 0 Å². The normalized spacial score (nSPS) is 15.6. The highest BCUT2D eigenvalue weighted by molar-refractivity contribution is 8.17. The number of rotatable bonds is 6. The molecule has 0 nitrogen and oxygen atoms in total. The van der Waals surface area contributed by atoms with Crippen molar-refractivity contribution in [3.63, 3.8) is 0 Å². The number of halogens is 2. The molecule has 3 rings (SSSR count). The lowest BCUT2D eigenvalue weighted by atomic mass is 10.2. The second-order valence-corrected chi connectivity index (χ2v) is 18.2. The van der Waals surface area contributed by atoms with E-state index in [1.807, 2.05) is 6.07 Å². The van der Waals surface area contributed by atoms with Crippen molar-refractivity contribution >= 4 is 46.3 Å². The molecule has 0 aliphatic carbocycles. The minimum absolute atomic E-state index is 0.241. The van der Waals surface area contributed by atoms with Gasteiger partial charge >= 0.3 is 0 Å². The lowest BCUT2D eigenvalue weighted by Crippen LogP contribution is -2.07. The summed E-state index contributed by atoms with van der Waals surface area (Å²) in [5.74, 6) is -0.481. The van der Waals surface area contributed by atoms with E-state index in [4.69, 9.17) is 23.6 Å². The van der Waals surface area contributed by atoms with Gasteiger partial charge in [0.15, 0.2) is 0 Å². The third-order valence-electron chi connectivity index (χ3n) is 4.71. The van der Waals surface area contributed by atoms with Crippen LogP contribution in [0.2, 0.25) is 0 Å². The third-order valence-corrected chi connectivity index (χ3v) is 11.5. The lowest BCUT2D eigenvalue weighted by molar-refractivity contribution is 0.628. The van der Waals surface area contributed by atoms with E-state index in [9.17, 15) is 8.78 Å². The van der Waals surface area contributed by atoms with Gasteiger partial charge in [0.2, 0.25) is 0 Å². The van der Waals surface area contributed by atoms with Gasteiger partial charge in [-0.2, -0.15) is 0 Å². The van der Waals surface area contributed by atoms with Gasteiger partial charge in [0.1, 0.15) is 11.6 Å². The van der Waals surface area contributed by atoms with Crippen LogP contribution in [0.5, 0.6) is 0 Å². The molecule has 0 fully saturated rings. The van der Waals surface area contributed by atoms with Crippen molar-refractivity contribution < 1.29 is 8.78 Å². The van der Waals surface area contributed by atoms with Gasteiger partial charge in [0.05, 0.1) is 0 Å². The van der Waals surface area contributed by atoms with Crippen LogP contribution in [0.1, 0.15) is 11.1 Å². The van der Waals surface area contributed by atoms with Gasteiger partial charge in [0.25, 0.3) is 0 Å². The zero-order chi connectivity index (χ0) is 20.4. The highest BCUT2D eigenvalue weighted by Gasteiger charge is 2.17. The molecule has 146 valence electrons. The topological polar surface area (TPSA) is 0 Å². The Morgan fingerprint density at radius 3 is 1.36 bits per heavy atom. The van der Waals surface area contributed by atoms with Crippen molar-refractivity contribution in [3.8, 4) is 0 Å². The highest BCUT2D eigenvalue weighted by atomic mass is 32.4. The smallest absolute Gasteiger partial charge is 0.123 e. The molecular weight excluding hydrogens is 428 g/mol. The second kappa shape index (κ2) is 8.67. The summed E-state index contributed by atoms with van der Waals surface area (Å²) in [4.78, 5) is 0. The van der Waals surface area contributed by atoms with Gasteiger partial charge in [-0.1, -0.05) is 72.1 Å². The summed E-state index contributed by atoms with van der Waals surface area (Å²) in [7, 11) is 0. The van der Waals surface area contributed by atoms with E-state index in [-0.39, 0.29) is 11.6 Å². The summed E-state index contributed by atoms with van der Waals surface area (Å²) >= 11 is 11.8. The van der Waals surface area contributed by atoms with Gasteiger partial charge in [-0.15, -0.1) is 0 Å². The molecule has 3 aromatic carbocycles. The lowest BCUT2D eigenvalue weighted by Gasteiger charge is -2.20. The Balaban J connectivity index is 1.80. The predicted molar refractivity (Wildman–Crippen MR) is 126 cm³/mol. The van der Waals surface area contributed by atoms with Gasteiger partial charge < -0.3 is 0 Å². The molecule has 0 aliphatic heterocycles. The molecule has 0 spiro atoms.